The number of unbranched alkanes of at least 4 members (excludes halogenated alkanes) is 45. The van der Waals surface area contributed by atoms with Crippen LogP contribution >= 0.6 is 13.4 Å². The van der Waals surface area contributed by atoms with Crippen LogP contribution in [0, 0.1) is 27.0 Å². The van der Waals surface area contributed by atoms with Crippen molar-refractivity contribution in [2.45, 2.75) is 412 Å². The van der Waals surface area contributed by atoms with E-state index < -0.39 is 98.0 Å². The molecule has 3 N–H and O–H groups in total. The van der Waals surface area contributed by atoms with E-state index in [0.29, 0.717) is 42.6 Å². The van der Waals surface area contributed by atoms with Gasteiger partial charge in [-0.05, 0) is 74.4 Å². The summed E-state index contributed by atoms with van der Waals surface area (Å²) in [6.45, 7) is 16.0. The summed E-state index contributed by atoms with van der Waals surface area (Å²) in [4.78, 5) is 88.8. The van der Waals surface area contributed by atoms with Crippen molar-refractivity contribution in [3.05, 3.63) is 106 Å². The van der Waals surface area contributed by atoms with Gasteiger partial charge in [-0.15, -0.1) is 0 Å². The monoisotopic (exact) mass is 1800 g/mol. The number of rotatable bonds is 79. The van der Waals surface area contributed by atoms with Crippen LogP contribution in [0.4, 0.5) is 0 Å². The molecule has 0 aliphatic carbocycles. The van der Waals surface area contributed by atoms with Crippen LogP contribution in [0.1, 0.15) is 384 Å². The highest BCUT2D eigenvalue weighted by atomic mass is 32.5. The summed E-state index contributed by atoms with van der Waals surface area (Å²) in [5.41, 5.74) is -1.63. The number of ether oxygens (including phenoxy) is 7. The van der Waals surface area contributed by atoms with Gasteiger partial charge >= 0.3 is 36.8 Å². The van der Waals surface area contributed by atoms with Gasteiger partial charge in [0.1, 0.15) is 51.1 Å². The number of aliphatic hydroxyl groups is 1. The quantitative estimate of drug-likeness (QED) is 0.0205. The van der Waals surface area contributed by atoms with E-state index in [9.17, 15) is 33.9 Å². The van der Waals surface area contributed by atoms with Gasteiger partial charge in [-0.2, -0.15) is 0 Å². The number of H-pyrrole nitrogens is 2. The first kappa shape index (κ1) is 108. The minimum Gasteiger partial charge on any atom is -0.490 e. The van der Waals surface area contributed by atoms with Gasteiger partial charge in [-0.25, -0.2) is 22.7 Å². The summed E-state index contributed by atoms with van der Waals surface area (Å²) in [6, 6.07) is 3.78. The van der Waals surface area contributed by atoms with Crippen molar-refractivity contribution < 1.29 is 75.0 Å². The summed E-state index contributed by atoms with van der Waals surface area (Å²) >= 11 is 11.8. The van der Waals surface area contributed by atoms with Crippen LogP contribution in [0.5, 0.6) is 17.2 Å². The topological polar surface area (TPSA) is 293 Å². The second kappa shape index (κ2) is 68.0. The molecular weight excluding hydrogens is 1650 g/mol. The molecule has 8 atom stereocenters. The predicted molar refractivity (Wildman–Crippen MR) is 493 cm³/mol. The third-order valence-corrected chi connectivity index (χ3v) is 27.4. The van der Waals surface area contributed by atoms with Gasteiger partial charge in [-0.3, -0.25) is 38.3 Å². The number of nitrogens with one attached hydrogen (secondary N) is 2. The molecule has 26 nitrogen and oxygen atoms in total. The Morgan fingerprint density at radius 1 is 0.439 bits per heavy atom. The number of aromatic nitrogens is 4. The molecule has 123 heavy (non-hydrogen) atoms. The first-order valence-corrected chi connectivity index (χ1v) is 52.7. The van der Waals surface area contributed by atoms with Crippen molar-refractivity contribution in [3.63, 3.8) is 0 Å². The van der Waals surface area contributed by atoms with Crippen molar-refractivity contribution in [1.82, 2.24) is 19.1 Å². The highest BCUT2D eigenvalue weighted by molar-refractivity contribution is 8.07. The zero-order chi connectivity index (χ0) is 88.7. The van der Waals surface area contributed by atoms with Crippen molar-refractivity contribution in [1.29, 1.82) is 0 Å². The molecule has 2 aliphatic heterocycles. The Kier molecular flexibility index (Phi) is 59.9. The van der Waals surface area contributed by atoms with Gasteiger partial charge in [-0.1, -0.05) is 310 Å². The maximum atomic E-state index is 13.6. The van der Waals surface area contributed by atoms with Gasteiger partial charge < -0.3 is 75.1 Å². The Balaban J connectivity index is 1.20. The fourth-order valence-electron chi connectivity index (χ4n) is 15.2. The molecule has 700 valence electrons. The molecule has 2 aromatic heterocycles. The second-order valence-corrected chi connectivity index (χ2v) is 39.4. The number of nitrogens with zero attached hydrogens (tertiary/aromatic N) is 4. The summed E-state index contributed by atoms with van der Waals surface area (Å²) in [5.74, 6) is 0.349. The van der Waals surface area contributed by atoms with Crippen molar-refractivity contribution in [2.24, 2.45) is 0 Å². The Bertz CT molecular complexity index is 3710. The number of hydrogen-bond donors (Lipinski definition) is 3. The van der Waals surface area contributed by atoms with Crippen LogP contribution in [-0.2, 0) is 85.9 Å². The molecule has 2 fully saturated rings. The SMILES string of the molecule is [C-]#[N+]CCOP(=S)(OCCOC(=O)CCC(=O)OCc1cc(OCCCCCCCCCCCCCCCCCC)c(OCCCCCCCCCCCCCCCCCC)c(OCCCCCCCCCCCCCCCCCC)c1)OC[C@H]1O[C@@H](n2cc(C)c(=O)[nH]c2=O)CC1OP(=S)(OCC[N+]#[C-])OC[C@H]1O[C@@H](n2cc(C)c(=O)[nH]c2=O)CC1O. The first-order chi connectivity index (χ1) is 59.8. The fourth-order valence-corrected chi connectivity index (χ4v) is 19.2. The molecule has 0 bridgehead atoms. The van der Waals surface area contributed by atoms with Gasteiger partial charge in [0.2, 0.25) is 18.8 Å². The van der Waals surface area contributed by atoms with E-state index in [0.717, 1.165) is 66.9 Å². The molecule has 0 saturated carbocycles. The molecule has 0 spiro atoms. The van der Waals surface area contributed by atoms with Crippen LogP contribution < -0.4 is 36.7 Å². The normalized spacial score (nSPS) is 17.4. The molecule has 1 aromatic carbocycles. The lowest BCUT2D eigenvalue weighted by Gasteiger charge is -2.29. The van der Waals surface area contributed by atoms with Crippen molar-refractivity contribution in [3.8, 4) is 17.2 Å². The van der Waals surface area contributed by atoms with E-state index in [1.54, 1.807) is 0 Å². The van der Waals surface area contributed by atoms with E-state index in [1.165, 1.54) is 277 Å². The average molecular weight is 1800 g/mol. The maximum Gasteiger partial charge on any atom is 0.330 e. The molecule has 4 heterocycles. The van der Waals surface area contributed by atoms with Crippen LogP contribution in [0.2, 0.25) is 0 Å². The van der Waals surface area contributed by atoms with Gasteiger partial charge in [0, 0.05) is 36.4 Å². The first-order valence-electron chi connectivity index (χ1n) is 47.6. The third kappa shape index (κ3) is 48.2. The van der Waals surface area contributed by atoms with E-state index in [2.05, 4.69) is 40.4 Å². The number of esters is 2. The molecule has 5 rings (SSSR count). The molecule has 2 aliphatic rings. The molecule has 3 aromatic rings. The largest absolute Gasteiger partial charge is 0.490 e. The summed E-state index contributed by atoms with van der Waals surface area (Å²) in [6.07, 6.45) is 56.4. The van der Waals surface area contributed by atoms with Gasteiger partial charge in [0.25, 0.3) is 11.1 Å². The molecule has 0 amide bonds. The zero-order valence-electron chi connectivity index (χ0n) is 75.7. The van der Waals surface area contributed by atoms with Crippen LogP contribution in [0.3, 0.4) is 0 Å². The van der Waals surface area contributed by atoms with E-state index in [-0.39, 0.29) is 82.9 Å². The van der Waals surface area contributed by atoms with Crippen LogP contribution in [0.25, 0.3) is 9.69 Å². The molecular formula is C93H156N6O20P2S2. The number of aromatic amines is 2. The fraction of sp³-hybridized carbons (Fsp3) is 0.806. The lowest BCUT2D eigenvalue weighted by atomic mass is 10.0. The Hall–Kier alpha value is -5.16. The second-order valence-electron chi connectivity index (χ2n) is 33.4. The Morgan fingerprint density at radius 2 is 0.772 bits per heavy atom. The average Bonchev–Trinajstić information content (AvgIpc) is 1.68. The van der Waals surface area contributed by atoms with E-state index in [4.69, 9.17) is 97.1 Å². The van der Waals surface area contributed by atoms with Gasteiger partial charge in [0.15, 0.2) is 11.5 Å². The lowest BCUT2D eigenvalue weighted by Crippen LogP contribution is -2.33. The van der Waals surface area contributed by atoms with Gasteiger partial charge in [0.05, 0.1) is 64.7 Å². The number of carbonyl (C=O) groups excluding carboxylic acids is 2. The summed E-state index contributed by atoms with van der Waals surface area (Å²) in [5, 5.41) is 11.1. The highest BCUT2D eigenvalue weighted by Crippen LogP contribution is 2.56. The van der Waals surface area contributed by atoms with E-state index in [1.807, 2.05) is 12.1 Å². The van der Waals surface area contributed by atoms with Crippen LogP contribution in [0.15, 0.2) is 43.7 Å². The number of hydrogen-bond acceptors (Lipinski definition) is 22. The molecule has 4 unspecified atom stereocenters. The predicted octanol–water partition coefficient (Wildman–Crippen LogP) is 22.4. The number of aliphatic hydroxyl groups excluding tert-OH is 1. The smallest absolute Gasteiger partial charge is 0.330 e. The standard InChI is InChI=1S/C93H156N6O20P2S2/c1-8-11-14-17-20-23-26-29-32-35-38-41-44-47-50-53-60-107-81-67-78(68-82(108-61-54-51-48-45-42-39-36-33-30-27-24-21-18-15-12-9-2)89(81)110-62-55-52-49-46-43-40-37-34-31-28-25-22-19-16-13-10-3)73-111-88(102)57-56-87(101)109-65-66-114-120(122,112-63-58-94-6)115-75-84-80(70-86(118-84)99-72-77(5)91(104)97-93(99)106)119-121(123,113-64-59-95-7)116-74-83-79(100)69-85(117-83)98-71-76(4)90(103)96-92(98)105/h67-68,71-72,79-80,83-86,100H,8-66,69-70,73-75H2,1-5H3,(H,96,103,105)(H,97,104,106)/t79?,80?,83-,84-,85-,86-,120?,121?/m1/s1. The molecule has 30 heteroatoms. The minimum atomic E-state index is -3.97. The van der Waals surface area contributed by atoms with E-state index >= 15 is 0 Å². The van der Waals surface area contributed by atoms with Crippen molar-refractivity contribution >= 4 is 49.0 Å². The zero-order valence-corrected chi connectivity index (χ0v) is 79.2. The third-order valence-electron chi connectivity index (χ3n) is 22.6. The molecule has 0 radical (unpaired) electrons. The summed E-state index contributed by atoms with van der Waals surface area (Å²) in [7, 11) is 0. The number of aryl methyl sites for hydroxylation is 2. The lowest BCUT2D eigenvalue weighted by molar-refractivity contribution is -0.151. The van der Waals surface area contributed by atoms with Crippen molar-refractivity contribution in [2.75, 3.05) is 72.6 Å². The maximum absolute atomic E-state index is 13.6. The summed E-state index contributed by atoms with van der Waals surface area (Å²) < 4.78 is 82.8. The Morgan fingerprint density at radius 3 is 1.17 bits per heavy atom. The molecule has 2 saturated heterocycles. The minimum absolute atomic E-state index is 0.0564. The number of carbonyl (C=O) groups is 2. The highest BCUT2D eigenvalue weighted by Gasteiger charge is 2.44. The number of benzene rings is 1. The van der Waals surface area contributed by atoms with Crippen LogP contribution in [-0.4, -0.2) is 133 Å². The Labute approximate surface area is 746 Å².